The molecule has 0 radical (unpaired) electrons. The van der Waals surface area contributed by atoms with Crippen LogP contribution in [0.2, 0.25) is 0 Å². The van der Waals surface area contributed by atoms with E-state index in [9.17, 15) is 24.0 Å². The van der Waals surface area contributed by atoms with Crippen molar-refractivity contribution in [2.45, 2.75) is 84.0 Å². The van der Waals surface area contributed by atoms with Crippen molar-refractivity contribution in [2.24, 2.45) is 5.92 Å². The summed E-state index contributed by atoms with van der Waals surface area (Å²) in [6.45, 7) is 10.5. The maximum atomic E-state index is 13.3. The molecule has 0 saturated carbocycles. The number of hydrogen-bond donors (Lipinski definition) is 5. The summed E-state index contributed by atoms with van der Waals surface area (Å²) in [4.78, 5) is 67.7. The molecule has 1 fully saturated rings. The summed E-state index contributed by atoms with van der Waals surface area (Å²) < 4.78 is 5.88. The molecule has 3 rings (SSSR count). The molecule has 5 N–H and O–H groups in total. The number of benzene rings is 1. The van der Waals surface area contributed by atoms with E-state index in [0.717, 1.165) is 32.5 Å². The Morgan fingerprint density at radius 1 is 0.976 bits per heavy atom. The molecule has 12 nitrogen and oxygen atoms in total. The van der Waals surface area contributed by atoms with Gasteiger partial charge in [0.2, 0.25) is 23.6 Å². The van der Waals surface area contributed by atoms with E-state index >= 15 is 0 Å². The molecule has 2 aliphatic heterocycles. The summed E-state index contributed by atoms with van der Waals surface area (Å²) in [7, 11) is 0. The number of ether oxygens (including phenoxy) is 1. The number of nitrogens with zero attached hydrogens (tertiary/aromatic N) is 1. The van der Waals surface area contributed by atoms with E-state index in [2.05, 4.69) is 31.5 Å². The summed E-state index contributed by atoms with van der Waals surface area (Å²) in [5, 5.41) is 13.7. The molecule has 1 saturated heterocycles. The molecule has 5 amide bonds. The zero-order chi connectivity index (χ0) is 30.6. The number of carbonyl (C=O) groups is 5. The van der Waals surface area contributed by atoms with E-state index in [1.165, 1.54) is 19.8 Å². The molecule has 1 aromatic carbocycles. The normalized spacial score (nSPS) is 24.9. The van der Waals surface area contributed by atoms with Crippen molar-refractivity contribution in [3.63, 3.8) is 0 Å². The smallest absolute Gasteiger partial charge is 0.255 e. The lowest BCUT2D eigenvalue weighted by atomic mass is 10.0. The van der Waals surface area contributed by atoms with Crippen LogP contribution in [-0.2, 0) is 19.2 Å². The number of para-hydroxylation sites is 1. The van der Waals surface area contributed by atoms with Gasteiger partial charge in [-0.25, -0.2) is 0 Å². The van der Waals surface area contributed by atoms with Gasteiger partial charge in [-0.1, -0.05) is 26.0 Å². The molecule has 1 aromatic rings. The third-order valence-corrected chi connectivity index (χ3v) is 7.44. The number of amides is 5. The monoisotopic (exact) mass is 586 g/mol. The number of fused-ring (bicyclic) bond motifs is 1. The van der Waals surface area contributed by atoms with Crippen molar-refractivity contribution in [3.05, 3.63) is 29.8 Å². The highest BCUT2D eigenvalue weighted by Gasteiger charge is 2.30. The highest BCUT2D eigenvalue weighted by molar-refractivity contribution is 6.01. The predicted molar refractivity (Wildman–Crippen MR) is 158 cm³/mol. The Morgan fingerprint density at radius 2 is 1.69 bits per heavy atom. The van der Waals surface area contributed by atoms with Crippen molar-refractivity contribution < 1.29 is 28.7 Å². The average molecular weight is 587 g/mol. The summed E-state index contributed by atoms with van der Waals surface area (Å²) in [6, 6.07) is 3.13. The number of likely N-dealkylation sites (tertiary alicyclic amines) is 1. The first-order valence-corrected chi connectivity index (χ1v) is 15.0. The van der Waals surface area contributed by atoms with Crippen LogP contribution in [-0.4, -0.2) is 91.4 Å². The highest BCUT2D eigenvalue weighted by Crippen LogP contribution is 2.19. The Morgan fingerprint density at radius 3 is 2.40 bits per heavy atom. The third-order valence-electron chi connectivity index (χ3n) is 7.44. The lowest BCUT2D eigenvalue weighted by Crippen LogP contribution is -2.56. The van der Waals surface area contributed by atoms with Gasteiger partial charge in [0.1, 0.15) is 30.5 Å². The first kappa shape index (κ1) is 32.8. The molecular formula is C30H46N6O6. The number of unbranched alkanes of at least 4 members (excludes halogenated alkanes) is 1. The highest BCUT2D eigenvalue weighted by atomic mass is 16.5. The Bertz CT molecular complexity index is 1110. The first-order valence-electron chi connectivity index (χ1n) is 15.0. The van der Waals surface area contributed by atoms with Crippen molar-refractivity contribution >= 4 is 29.5 Å². The van der Waals surface area contributed by atoms with Gasteiger partial charge in [-0.05, 0) is 77.2 Å². The van der Waals surface area contributed by atoms with Gasteiger partial charge < -0.3 is 36.2 Å². The summed E-state index contributed by atoms with van der Waals surface area (Å²) in [6.07, 6.45) is 3.77. The maximum Gasteiger partial charge on any atom is 0.255 e. The molecule has 232 valence electrons. The fourth-order valence-corrected chi connectivity index (χ4v) is 4.98. The Labute approximate surface area is 248 Å². The van der Waals surface area contributed by atoms with E-state index in [4.69, 9.17) is 4.74 Å². The molecule has 0 bridgehead atoms. The molecule has 0 unspecified atom stereocenters. The van der Waals surface area contributed by atoms with E-state index in [1.807, 2.05) is 0 Å². The zero-order valence-electron chi connectivity index (χ0n) is 25.2. The molecule has 2 heterocycles. The van der Waals surface area contributed by atoms with Crippen LogP contribution in [0.5, 0.6) is 5.75 Å². The minimum absolute atomic E-state index is 0.0621. The van der Waals surface area contributed by atoms with Gasteiger partial charge in [0.15, 0.2) is 0 Å². The van der Waals surface area contributed by atoms with Crippen LogP contribution in [0.25, 0.3) is 0 Å². The van der Waals surface area contributed by atoms with Crippen molar-refractivity contribution in [1.82, 2.24) is 31.5 Å². The van der Waals surface area contributed by atoms with Gasteiger partial charge in [-0.3, -0.25) is 24.0 Å². The fourth-order valence-electron chi connectivity index (χ4n) is 4.98. The Hall–Kier alpha value is -3.67. The molecule has 0 aliphatic carbocycles. The number of rotatable bonds is 7. The molecule has 4 atom stereocenters. The average Bonchev–Trinajstić information content (AvgIpc) is 3.47. The Balaban J connectivity index is 1.76. The second-order valence-electron chi connectivity index (χ2n) is 11.5. The van der Waals surface area contributed by atoms with Gasteiger partial charge in [0, 0.05) is 6.54 Å². The lowest BCUT2D eigenvalue weighted by molar-refractivity contribution is -0.133. The molecular weight excluding hydrogens is 540 g/mol. The second kappa shape index (κ2) is 16.1. The summed E-state index contributed by atoms with van der Waals surface area (Å²) in [5.74, 6) is -2.55. The molecule has 2 aliphatic rings. The Kier molecular flexibility index (Phi) is 12.6. The number of nitrogens with one attached hydrogen (secondary N) is 5. The molecule has 12 heteroatoms. The van der Waals surface area contributed by atoms with E-state index in [-0.39, 0.29) is 36.2 Å². The summed E-state index contributed by atoms with van der Waals surface area (Å²) in [5.41, 5.74) is 0.189. The van der Waals surface area contributed by atoms with Gasteiger partial charge in [0.05, 0.1) is 18.0 Å². The standard InChI is InChI=1S/C30H46N6O6/c1-19(2)26-30(41)32-20(3)18-42-24-12-6-5-11-22(24)28(39)34-23(17-25(37)33-21(4)27(38)35-26)29(40)31-13-7-8-14-36-15-9-10-16-36/h5-6,11-12,19-21,23,26H,7-10,13-18H2,1-4H3,(H,31,40)(H,32,41)(H,33,37)(H,34,39)(H,35,38)/t20-,21-,23-,26+/m0/s1. The van der Waals surface area contributed by atoms with Gasteiger partial charge in [-0.15, -0.1) is 0 Å². The van der Waals surface area contributed by atoms with E-state index in [1.54, 1.807) is 45.0 Å². The first-order chi connectivity index (χ1) is 20.0. The third kappa shape index (κ3) is 10.0. The maximum absolute atomic E-state index is 13.3. The van der Waals surface area contributed by atoms with Gasteiger partial charge >= 0.3 is 0 Å². The van der Waals surface area contributed by atoms with Gasteiger partial charge in [0.25, 0.3) is 5.91 Å². The number of hydrogen-bond acceptors (Lipinski definition) is 7. The van der Waals surface area contributed by atoms with Crippen LogP contribution in [0, 0.1) is 5.92 Å². The summed E-state index contributed by atoms with van der Waals surface area (Å²) >= 11 is 0. The molecule has 0 aromatic heterocycles. The lowest BCUT2D eigenvalue weighted by Gasteiger charge is -2.25. The SMILES string of the molecule is CC(C)[C@H]1NC(=O)[C@H](C)NC(=O)C[C@@H](C(=O)NCCCCN2CCCC2)NC(=O)c2ccccc2OC[C@H](C)NC1=O. The van der Waals surface area contributed by atoms with Crippen molar-refractivity contribution in [1.29, 1.82) is 0 Å². The van der Waals surface area contributed by atoms with Crippen LogP contribution in [0.15, 0.2) is 24.3 Å². The topological polar surface area (TPSA) is 158 Å². The van der Waals surface area contributed by atoms with Crippen LogP contribution in [0.4, 0.5) is 0 Å². The fraction of sp³-hybridized carbons (Fsp3) is 0.633. The van der Waals surface area contributed by atoms with Crippen LogP contribution >= 0.6 is 0 Å². The number of carbonyl (C=O) groups excluding carboxylic acids is 5. The molecule has 0 spiro atoms. The van der Waals surface area contributed by atoms with E-state index in [0.29, 0.717) is 6.54 Å². The van der Waals surface area contributed by atoms with Crippen LogP contribution in [0.1, 0.15) is 70.2 Å². The van der Waals surface area contributed by atoms with Crippen molar-refractivity contribution in [3.8, 4) is 5.75 Å². The minimum Gasteiger partial charge on any atom is -0.491 e. The predicted octanol–water partition coefficient (Wildman–Crippen LogP) is 0.710. The zero-order valence-corrected chi connectivity index (χ0v) is 25.2. The minimum atomic E-state index is -1.18. The van der Waals surface area contributed by atoms with Crippen molar-refractivity contribution in [2.75, 3.05) is 32.8 Å². The van der Waals surface area contributed by atoms with Crippen LogP contribution < -0.4 is 31.3 Å². The van der Waals surface area contributed by atoms with E-state index < -0.39 is 47.8 Å². The quantitative estimate of drug-likeness (QED) is 0.295. The molecule has 42 heavy (non-hydrogen) atoms. The largest absolute Gasteiger partial charge is 0.491 e. The second-order valence-corrected chi connectivity index (χ2v) is 11.5. The van der Waals surface area contributed by atoms with Crippen LogP contribution in [0.3, 0.4) is 0 Å². The van der Waals surface area contributed by atoms with Gasteiger partial charge in [-0.2, -0.15) is 0 Å².